The van der Waals surface area contributed by atoms with E-state index in [1.165, 1.54) is 0 Å². The molecule has 0 aliphatic carbocycles. The molecule has 0 fully saturated rings. The molecule has 0 spiro atoms. The maximum absolute atomic E-state index is 10.0. The van der Waals surface area contributed by atoms with Crippen LogP contribution in [0.25, 0.3) is 10.9 Å². The van der Waals surface area contributed by atoms with E-state index < -0.39 is 0 Å². The molecule has 0 amide bonds. The van der Waals surface area contributed by atoms with Crippen LogP contribution in [0.5, 0.6) is 5.88 Å². The SMILES string of the molecule is Cc1cccc2[nH]c(O)c(C=Nc3ccc(N)cc3)c12. The van der Waals surface area contributed by atoms with Crippen molar-refractivity contribution in [3.05, 3.63) is 53.6 Å². The van der Waals surface area contributed by atoms with Gasteiger partial charge in [0, 0.05) is 22.8 Å². The second kappa shape index (κ2) is 4.74. The zero-order chi connectivity index (χ0) is 14.1. The van der Waals surface area contributed by atoms with Gasteiger partial charge in [-0.15, -0.1) is 0 Å². The Labute approximate surface area is 116 Å². The summed E-state index contributed by atoms with van der Waals surface area (Å²) in [5, 5.41) is 11.0. The number of aliphatic imine (C=N–C) groups is 1. The second-order valence-corrected chi connectivity index (χ2v) is 4.73. The fourth-order valence-electron chi connectivity index (χ4n) is 2.27. The predicted octanol–water partition coefficient (Wildman–Crippen LogP) is 3.51. The lowest BCUT2D eigenvalue weighted by molar-refractivity contribution is 0.457. The third kappa shape index (κ3) is 2.12. The van der Waals surface area contributed by atoms with Gasteiger partial charge in [0.25, 0.3) is 0 Å². The predicted molar refractivity (Wildman–Crippen MR) is 82.8 cm³/mol. The van der Waals surface area contributed by atoms with E-state index in [-0.39, 0.29) is 5.88 Å². The van der Waals surface area contributed by atoms with Crippen LogP contribution in [0.1, 0.15) is 11.1 Å². The Morgan fingerprint density at radius 2 is 1.90 bits per heavy atom. The maximum atomic E-state index is 10.0. The fourth-order valence-corrected chi connectivity index (χ4v) is 2.27. The average Bonchev–Trinajstić information content (AvgIpc) is 2.75. The Balaban J connectivity index is 2.06. The first-order chi connectivity index (χ1) is 9.65. The highest BCUT2D eigenvalue weighted by Crippen LogP contribution is 2.28. The summed E-state index contributed by atoms with van der Waals surface area (Å²) in [5.74, 6) is 0.133. The number of nitrogens with two attached hydrogens (primary N) is 1. The molecule has 0 saturated carbocycles. The van der Waals surface area contributed by atoms with Crippen LogP contribution in [0.3, 0.4) is 0 Å². The number of fused-ring (bicyclic) bond motifs is 1. The number of aryl methyl sites for hydroxylation is 1. The summed E-state index contributed by atoms with van der Waals surface area (Å²) in [6.07, 6.45) is 1.67. The van der Waals surface area contributed by atoms with Crippen molar-refractivity contribution < 1.29 is 5.11 Å². The van der Waals surface area contributed by atoms with Crippen molar-refractivity contribution in [2.24, 2.45) is 4.99 Å². The number of nitrogen functional groups attached to an aromatic ring is 1. The van der Waals surface area contributed by atoms with Gasteiger partial charge in [0.15, 0.2) is 5.88 Å². The molecule has 4 heteroatoms. The van der Waals surface area contributed by atoms with Gasteiger partial charge in [0.1, 0.15) is 0 Å². The number of aromatic nitrogens is 1. The quantitative estimate of drug-likeness (QED) is 0.490. The van der Waals surface area contributed by atoms with Crippen LogP contribution >= 0.6 is 0 Å². The number of hydrogen-bond acceptors (Lipinski definition) is 3. The van der Waals surface area contributed by atoms with Crippen molar-refractivity contribution >= 4 is 28.5 Å². The van der Waals surface area contributed by atoms with E-state index in [9.17, 15) is 5.11 Å². The summed E-state index contributed by atoms with van der Waals surface area (Å²) in [6.45, 7) is 2.01. The van der Waals surface area contributed by atoms with Crippen molar-refractivity contribution in [1.29, 1.82) is 0 Å². The fraction of sp³-hybridized carbons (Fsp3) is 0.0625. The average molecular weight is 265 g/mol. The van der Waals surface area contributed by atoms with E-state index in [0.717, 1.165) is 22.2 Å². The molecular formula is C16H15N3O. The van der Waals surface area contributed by atoms with Crippen LogP contribution in [0.2, 0.25) is 0 Å². The minimum atomic E-state index is 0.133. The van der Waals surface area contributed by atoms with Crippen LogP contribution in [0, 0.1) is 6.92 Å². The number of nitrogens with one attached hydrogen (secondary N) is 1. The molecule has 1 aromatic heterocycles. The molecule has 0 saturated heterocycles. The van der Waals surface area contributed by atoms with Gasteiger partial charge in [-0.25, -0.2) is 0 Å². The standard InChI is InChI=1S/C16H15N3O/c1-10-3-2-4-14-15(10)13(16(20)19-14)9-18-12-7-5-11(17)6-8-12/h2-9,19-20H,17H2,1H3. The molecule has 100 valence electrons. The van der Waals surface area contributed by atoms with Gasteiger partial charge in [-0.05, 0) is 42.8 Å². The van der Waals surface area contributed by atoms with E-state index in [1.54, 1.807) is 18.3 Å². The highest BCUT2D eigenvalue weighted by atomic mass is 16.3. The van der Waals surface area contributed by atoms with Gasteiger partial charge in [-0.2, -0.15) is 0 Å². The van der Waals surface area contributed by atoms with E-state index >= 15 is 0 Å². The molecule has 20 heavy (non-hydrogen) atoms. The molecule has 2 aromatic carbocycles. The second-order valence-electron chi connectivity index (χ2n) is 4.73. The van der Waals surface area contributed by atoms with Crippen molar-refractivity contribution in [3.63, 3.8) is 0 Å². The lowest BCUT2D eigenvalue weighted by atomic mass is 10.1. The van der Waals surface area contributed by atoms with Crippen LogP contribution in [-0.2, 0) is 0 Å². The van der Waals surface area contributed by atoms with Crippen LogP contribution in [0.15, 0.2) is 47.5 Å². The maximum Gasteiger partial charge on any atom is 0.198 e. The van der Waals surface area contributed by atoms with Gasteiger partial charge < -0.3 is 15.8 Å². The molecule has 0 unspecified atom stereocenters. The minimum absolute atomic E-state index is 0.133. The van der Waals surface area contributed by atoms with Gasteiger partial charge in [0.2, 0.25) is 0 Å². The molecule has 4 N–H and O–H groups in total. The van der Waals surface area contributed by atoms with E-state index in [1.807, 2.05) is 37.3 Å². The van der Waals surface area contributed by atoms with Crippen molar-refractivity contribution in [3.8, 4) is 5.88 Å². The minimum Gasteiger partial charge on any atom is -0.494 e. The summed E-state index contributed by atoms with van der Waals surface area (Å²) in [6, 6.07) is 13.2. The number of hydrogen-bond donors (Lipinski definition) is 3. The molecule has 0 aliphatic rings. The number of benzene rings is 2. The first kappa shape index (κ1) is 12.3. The number of aromatic amines is 1. The molecule has 0 bridgehead atoms. The third-order valence-corrected chi connectivity index (χ3v) is 3.29. The van der Waals surface area contributed by atoms with Crippen LogP contribution in [0.4, 0.5) is 11.4 Å². The molecular weight excluding hydrogens is 250 g/mol. The lowest BCUT2D eigenvalue weighted by Crippen LogP contribution is -1.83. The Bertz CT molecular complexity index is 785. The van der Waals surface area contributed by atoms with Crippen molar-refractivity contribution in [2.75, 3.05) is 5.73 Å². The zero-order valence-corrected chi connectivity index (χ0v) is 11.1. The normalized spacial score (nSPS) is 11.4. The molecule has 0 atom stereocenters. The first-order valence-electron chi connectivity index (χ1n) is 6.35. The Morgan fingerprint density at radius 1 is 1.15 bits per heavy atom. The number of nitrogens with zero attached hydrogens (tertiary/aromatic N) is 1. The Kier molecular flexibility index (Phi) is 2.91. The summed E-state index contributed by atoms with van der Waals surface area (Å²) in [5.41, 5.74) is 9.84. The Morgan fingerprint density at radius 3 is 2.65 bits per heavy atom. The monoisotopic (exact) mass is 265 g/mol. The highest BCUT2D eigenvalue weighted by molar-refractivity contribution is 6.04. The number of anilines is 1. The van der Waals surface area contributed by atoms with Gasteiger partial charge in [-0.3, -0.25) is 4.99 Å². The third-order valence-electron chi connectivity index (χ3n) is 3.29. The highest BCUT2D eigenvalue weighted by Gasteiger charge is 2.10. The number of aromatic hydroxyl groups is 1. The van der Waals surface area contributed by atoms with E-state index in [2.05, 4.69) is 9.98 Å². The largest absolute Gasteiger partial charge is 0.494 e. The van der Waals surface area contributed by atoms with Crippen molar-refractivity contribution in [1.82, 2.24) is 4.98 Å². The molecule has 3 rings (SSSR count). The molecule has 3 aromatic rings. The van der Waals surface area contributed by atoms with Gasteiger partial charge in [0.05, 0.1) is 11.3 Å². The Hall–Kier alpha value is -2.75. The van der Waals surface area contributed by atoms with Crippen LogP contribution in [-0.4, -0.2) is 16.3 Å². The summed E-state index contributed by atoms with van der Waals surface area (Å²) in [4.78, 5) is 7.34. The first-order valence-corrected chi connectivity index (χ1v) is 6.35. The van der Waals surface area contributed by atoms with Gasteiger partial charge >= 0.3 is 0 Å². The molecule has 1 heterocycles. The van der Waals surface area contributed by atoms with Crippen LogP contribution < -0.4 is 5.73 Å². The topological polar surface area (TPSA) is 74.4 Å². The van der Waals surface area contributed by atoms with E-state index in [0.29, 0.717) is 11.3 Å². The lowest BCUT2D eigenvalue weighted by Gasteiger charge is -1.98. The number of rotatable bonds is 2. The van der Waals surface area contributed by atoms with Gasteiger partial charge in [-0.1, -0.05) is 12.1 Å². The zero-order valence-electron chi connectivity index (χ0n) is 11.1. The molecule has 0 aliphatic heterocycles. The molecule has 4 nitrogen and oxygen atoms in total. The summed E-state index contributed by atoms with van der Waals surface area (Å²) >= 11 is 0. The smallest absolute Gasteiger partial charge is 0.198 e. The number of H-pyrrole nitrogens is 1. The van der Waals surface area contributed by atoms with Crippen molar-refractivity contribution in [2.45, 2.75) is 6.92 Å². The van der Waals surface area contributed by atoms with E-state index in [4.69, 9.17) is 5.73 Å². The molecule has 0 radical (unpaired) electrons. The summed E-state index contributed by atoms with van der Waals surface area (Å²) < 4.78 is 0. The summed E-state index contributed by atoms with van der Waals surface area (Å²) in [7, 11) is 0.